The van der Waals surface area contributed by atoms with Crippen LogP contribution in [-0.2, 0) is 0 Å². The summed E-state index contributed by atoms with van der Waals surface area (Å²) in [5.74, 6) is 7.06. The first kappa shape index (κ1) is 13.5. The minimum absolute atomic E-state index is 0.293. The van der Waals surface area contributed by atoms with Gasteiger partial charge < -0.3 is 5.43 Å². The van der Waals surface area contributed by atoms with Crippen molar-refractivity contribution in [2.24, 2.45) is 5.84 Å². The maximum atomic E-state index is 5.52. The molecular formula is C16H17N5. The van der Waals surface area contributed by atoms with Gasteiger partial charge in [-0.05, 0) is 18.1 Å². The van der Waals surface area contributed by atoms with E-state index < -0.39 is 0 Å². The van der Waals surface area contributed by atoms with E-state index in [1.165, 1.54) is 0 Å². The average Bonchev–Trinajstić information content (AvgIpc) is 2.53. The Labute approximate surface area is 123 Å². The molecule has 2 heterocycles. The van der Waals surface area contributed by atoms with Gasteiger partial charge in [-0.1, -0.05) is 32.0 Å². The van der Waals surface area contributed by atoms with Gasteiger partial charge >= 0.3 is 0 Å². The Balaban J connectivity index is 2.25. The molecule has 0 bridgehead atoms. The van der Waals surface area contributed by atoms with Crippen molar-refractivity contribution < 1.29 is 0 Å². The van der Waals surface area contributed by atoms with Crippen LogP contribution in [0.4, 0.5) is 5.82 Å². The number of pyridine rings is 1. The summed E-state index contributed by atoms with van der Waals surface area (Å²) in [4.78, 5) is 13.6. The molecule has 2 aromatic heterocycles. The summed E-state index contributed by atoms with van der Waals surface area (Å²) < 4.78 is 0. The number of nitrogens with one attached hydrogen (secondary N) is 1. The van der Waals surface area contributed by atoms with Crippen LogP contribution >= 0.6 is 0 Å². The third-order valence-corrected chi connectivity index (χ3v) is 3.36. The Morgan fingerprint density at radius 3 is 2.67 bits per heavy atom. The molecule has 0 aliphatic rings. The number of nitrogens with zero attached hydrogens (tertiary/aromatic N) is 3. The quantitative estimate of drug-likeness (QED) is 0.569. The summed E-state index contributed by atoms with van der Waals surface area (Å²) in [5.41, 5.74) is 5.36. The van der Waals surface area contributed by atoms with Crippen LogP contribution in [0, 0.1) is 0 Å². The van der Waals surface area contributed by atoms with Crippen molar-refractivity contribution in [1.82, 2.24) is 15.0 Å². The molecule has 0 aliphatic heterocycles. The molecule has 106 valence electrons. The molecule has 5 heteroatoms. The SMILES string of the molecule is CC(C)c1cc(NN)nc(-c2cccc3cccnc23)n1. The Hall–Kier alpha value is -2.53. The van der Waals surface area contributed by atoms with Crippen molar-refractivity contribution in [3.8, 4) is 11.4 Å². The van der Waals surface area contributed by atoms with Gasteiger partial charge in [-0.25, -0.2) is 15.8 Å². The molecule has 0 fully saturated rings. The highest BCUT2D eigenvalue weighted by molar-refractivity contribution is 5.91. The normalized spacial score (nSPS) is 11.0. The summed E-state index contributed by atoms with van der Waals surface area (Å²) in [6.45, 7) is 4.18. The Kier molecular flexibility index (Phi) is 3.50. The van der Waals surface area contributed by atoms with Crippen molar-refractivity contribution in [2.45, 2.75) is 19.8 Å². The molecule has 0 unspecified atom stereocenters. The van der Waals surface area contributed by atoms with Gasteiger partial charge in [0.1, 0.15) is 5.82 Å². The van der Waals surface area contributed by atoms with E-state index in [0.29, 0.717) is 17.6 Å². The number of anilines is 1. The lowest BCUT2D eigenvalue weighted by Crippen LogP contribution is -2.11. The van der Waals surface area contributed by atoms with Crippen molar-refractivity contribution in [1.29, 1.82) is 0 Å². The molecule has 0 radical (unpaired) electrons. The second-order valence-electron chi connectivity index (χ2n) is 5.18. The number of hydrogen-bond donors (Lipinski definition) is 2. The predicted molar refractivity (Wildman–Crippen MR) is 84.7 cm³/mol. The zero-order valence-corrected chi connectivity index (χ0v) is 12.0. The number of nitrogens with two attached hydrogens (primary N) is 1. The van der Waals surface area contributed by atoms with Crippen molar-refractivity contribution in [3.05, 3.63) is 48.3 Å². The van der Waals surface area contributed by atoms with Crippen LogP contribution < -0.4 is 11.3 Å². The van der Waals surface area contributed by atoms with Gasteiger partial charge in [0.25, 0.3) is 0 Å². The summed E-state index contributed by atoms with van der Waals surface area (Å²) >= 11 is 0. The molecule has 0 saturated heterocycles. The highest BCUT2D eigenvalue weighted by Crippen LogP contribution is 2.26. The third kappa shape index (κ3) is 2.55. The lowest BCUT2D eigenvalue weighted by Gasteiger charge is -2.11. The topological polar surface area (TPSA) is 76.7 Å². The van der Waals surface area contributed by atoms with Gasteiger partial charge in [0.15, 0.2) is 5.82 Å². The van der Waals surface area contributed by atoms with Crippen LogP contribution in [0.3, 0.4) is 0 Å². The fourth-order valence-corrected chi connectivity index (χ4v) is 2.24. The van der Waals surface area contributed by atoms with Crippen LogP contribution in [0.5, 0.6) is 0 Å². The van der Waals surface area contributed by atoms with Crippen LogP contribution in [0.2, 0.25) is 0 Å². The maximum Gasteiger partial charge on any atom is 0.164 e. The monoisotopic (exact) mass is 279 g/mol. The van der Waals surface area contributed by atoms with Gasteiger partial charge in [0.05, 0.1) is 5.52 Å². The lowest BCUT2D eigenvalue weighted by molar-refractivity contribution is 0.817. The second kappa shape index (κ2) is 5.46. The van der Waals surface area contributed by atoms with Gasteiger partial charge in [-0.2, -0.15) is 0 Å². The molecule has 3 aromatic rings. The Morgan fingerprint density at radius 1 is 1.10 bits per heavy atom. The van der Waals surface area contributed by atoms with Crippen LogP contribution in [0.25, 0.3) is 22.3 Å². The lowest BCUT2D eigenvalue weighted by atomic mass is 10.1. The first-order valence-corrected chi connectivity index (χ1v) is 6.88. The molecule has 0 amide bonds. The minimum Gasteiger partial charge on any atom is -0.308 e. The smallest absolute Gasteiger partial charge is 0.164 e. The molecule has 1 aromatic carbocycles. The van der Waals surface area contributed by atoms with E-state index in [-0.39, 0.29) is 0 Å². The van der Waals surface area contributed by atoms with E-state index >= 15 is 0 Å². The molecule has 3 rings (SSSR count). The molecule has 3 N–H and O–H groups in total. The highest BCUT2D eigenvalue weighted by Gasteiger charge is 2.12. The van der Waals surface area contributed by atoms with E-state index in [2.05, 4.69) is 34.2 Å². The van der Waals surface area contributed by atoms with Crippen LogP contribution in [-0.4, -0.2) is 15.0 Å². The van der Waals surface area contributed by atoms with Gasteiger partial charge in [0, 0.05) is 28.9 Å². The molecule has 0 spiro atoms. The molecule has 5 nitrogen and oxygen atoms in total. The summed E-state index contributed by atoms with van der Waals surface area (Å²) in [6.07, 6.45) is 1.78. The van der Waals surface area contributed by atoms with Crippen LogP contribution in [0.1, 0.15) is 25.5 Å². The Bertz CT molecular complexity index is 777. The van der Waals surface area contributed by atoms with Crippen molar-refractivity contribution in [2.75, 3.05) is 5.43 Å². The maximum absolute atomic E-state index is 5.52. The first-order chi connectivity index (χ1) is 10.2. The van der Waals surface area contributed by atoms with E-state index in [4.69, 9.17) is 5.84 Å². The van der Waals surface area contributed by atoms with E-state index in [0.717, 1.165) is 22.2 Å². The molecular weight excluding hydrogens is 262 g/mol. The van der Waals surface area contributed by atoms with Gasteiger partial charge in [-0.3, -0.25) is 4.98 Å². The zero-order valence-electron chi connectivity index (χ0n) is 12.0. The first-order valence-electron chi connectivity index (χ1n) is 6.88. The van der Waals surface area contributed by atoms with Gasteiger partial charge in [0.2, 0.25) is 0 Å². The zero-order chi connectivity index (χ0) is 14.8. The number of nitrogen functional groups attached to an aromatic ring is 1. The third-order valence-electron chi connectivity index (χ3n) is 3.36. The summed E-state index contributed by atoms with van der Waals surface area (Å²) in [6, 6.07) is 11.8. The number of rotatable bonds is 3. The van der Waals surface area contributed by atoms with Gasteiger partial charge in [-0.15, -0.1) is 0 Å². The molecule has 0 aliphatic carbocycles. The number of hydrazine groups is 1. The fraction of sp³-hybridized carbons (Fsp3) is 0.188. The predicted octanol–water partition coefficient (Wildman–Crippen LogP) is 3.10. The number of fused-ring (bicyclic) bond motifs is 1. The number of aromatic nitrogens is 3. The molecule has 21 heavy (non-hydrogen) atoms. The Morgan fingerprint density at radius 2 is 1.90 bits per heavy atom. The minimum atomic E-state index is 0.293. The second-order valence-corrected chi connectivity index (χ2v) is 5.18. The van der Waals surface area contributed by atoms with E-state index in [9.17, 15) is 0 Å². The number of benzene rings is 1. The summed E-state index contributed by atoms with van der Waals surface area (Å²) in [7, 11) is 0. The standard InChI is InChI=1S/C16H17N5/c1-10(2)13-9-14(21-17)20-16(19-13)12-7-3-5-11-6-4-8-18-15(11)12/h3-10H,17H2,1-2H3,(H,19,20,21). The largest absolute Gasteiger partial charge is 0.308 e. The molecule has 0 atom stereocenters. The average molecular weight is 279 g/mol. The van der Waals surface area contributed by atoms with Crippen LogP contribution in [0.15, 0.2) is 42.6 Å². The number of hydrogen-bond acceptors (Lipinski definition) is 5. The highest BCUT2D eigenvalue weighted by atomic mass is 15.3. The van der Waals surface area contributed by atoms with E-state index in [1.54, 1.807) is 6.20 Å². The van der Waals surface area contributed by atoms with Crippen molar-refractivity contribution in [3.63, 3.8) is 0 Å². The van der Waals surface area contributed by atoms with E-state index in [1.807, 2.05) is 36.4 Å². The number of para-hydroxylation sites is 1. The fourth-order valence-electron chi connectivity index (χ4n) is 2.24. The van der Waals surface area contributed by atoms with Crippen molar-refractivity contribution >= 4 is 16.7 Å². The molecule has 0 saturated carbocycles. The summed E-state index contributed by atoms with van der Waals surface area (Å²) in [5, 5.41) is 1.07.